The van der Waals surface area contributed by atoms with Gasteiger partial charge in [0, 0.05) is 12.5 Å². The Morgan fingerprint density at radius 1 is 1.75 bits per heavy atom. The second kappa shape index (κ2) is 4.54. The quantitative estimate of drug-likeness (QED) is 0.693. The fraction of sp³-hybridized carbons (Fsp3) is 0.500. The fourth-order valence-electron chi connectivity index (χ4n) is 0.795. The molecular weight excluding hydrogens is 156 g/mol. The minimum absolute atomic E-state index is 0.207. The predicted molar refractivity (Wildman–Crippen MR) is 43.7 cm³/mol. The van der Waals surface area contributed by atoms with Gasteiger partial charge in [0.1, 0.15) is 0 Å². The number of aromatic amines is 1. The Morgan fingerprint density at radius 3 is 3.17 bits per heavy atom. The summed E-state index contributed by atoms with van der Waals surface area (Å²) in [7, 11) is 0. The SMILES string of the molecule is CCCCC(=O)Oc1ccn[nH]1. The van der Waals surface area contributed by atoms with Gasteiger partial charge < -0.3 is 4.74 Å². The van der Waals surface area contributed by atoms with E-state index < -0.39 is 0 Å². The van der Waals surface area contributed by atoms with Crippen molar-refractivity contribution in [3.63, 3.8) is 0 Å². The fourth-order valence-corrected chi connectivity index (χ4v) is 0.795. The molecule has 1 heterocycles. The molecule has 0 aromatic carbocycles. The third kappa shape index (κ3) is 2.74. The first-order chi connectivity index (χ1) is 5.83. The number of hydrogen-bond donors (Lipinski definition) is 1. The van der Waals surface area contributed by atoms with Crippen LogP contribution < -0.4 is 4.74 Å². The Labute approximate surface area is 70.9 Å². The molecule has 12 heavy (non-hydrogen) atoms. The smallest absolute Gasteiger partial charge is 0.312 e. The van der Waals surface area contributed by atoms with E-state index in [1.165, 1.54) is 0 Å². The summed E-state index contributed by atoms with van der Waals surface area (Å²) in [6, 6.07) is 1.61. The number of carbonyl (C=O) groups is 1. The molecule has 4 nitrogen and oxygen atoms in total. The van der Waals surface area contributed by atoms with Crippen LogP contribution >= 0.6 is 0 Å². The highest BCUT2D eigenvalue weighted by atomic mass is 16.5. The maximum atomic E-state index is 11.0. The molecule has 1 rings (SSSR count). The summed E-state index contributed by atoms with van der Waals surface area (Å²) < 4.78 is 4.90. The lowest BCUT2D eigenvalue weighted by molar-refractivity contribution is -0.134. The van der Waals surface area contributed by atoms with Crippen LogP contribution in [0.3, 0.4) is 0 Å². The number of ether oxygens (including phenoxy) is 1. The van der Waals surface area contributed by atoms with Crippen molar-refractivity contribution < 1.29 is 9.53 Å². The normalized spacial score (nSPS) is 9.75. The molecule has 0 aliphatic carbocycles. The lowest BCUT2D eigenvalue weighted by atomic mass is 10.2. The molecule has 0 fully saturated rings. The van der Waals surface area contributed by atoms with Crippen molar-refractivity contribution in [1.29, 1.82) is 0 Å². The van der Waals surface area contributed by atoms with Crippen LogP contribution in [0.5, 0.6) is 5.88 Å². The zero-order valence-corrected chi connectivity index (χ0v) is 7.04. The van der Waals surface area contributed by atoms with E-state index in [2.05, 4.69) is 10.2 Å². The zero-order valence-electron chi connectivity index (χ0n) is 7.04. The Balaban J connectivity index is 2.27. The minimum atomic E-state index is -0.207. The van der Waals surface area contributed by atoms with E-state index in [0.29, 0.717) is 12.3 Å². The van der Waals surface area contributed by atoms with Crippen molar-refractivity contribution in [3.05, 3.63) is 12.3 Å². The molecule has 0 aliphatic rings. The summed E-state index contributed by atoms with van der Waals surface area (Å²) in [5.41, 5.74) is 0. The van der Waals surface area contributed by atoms with E-state index in [1.54, 1.807) is 12.3 Å². The summed E-state index contributed by atoms with van der Waals surface area (Å²) in [5.74, 6) is 0.206. The van der Waals surface area contributed by atoms with E-state index >= 15 is 0 Å². The number of nitrogens with one attached hydrogen (secondary N) is 1. The molecule has 1 aromatic heterocycles. The van der Waals surface area contributed by atoms with Gasteiger partial charge in [0.25, 0.3) is 0 Å². The average molecular weight is 168 g/mol. The molecule has 0 unspecified atom stereocenters. The highest BCUT2D eigenvalue weighted by molar-refractivity contribution is 5.71. The molecule has 1 N–H and O–H groups in total. The standard InChI is InChI=1S/C8H12N2O2/c1-2-3-4-8(11)12-7-5-6-9-10-7/h5-6H,2-4H2,1H3,(H,9,10). The van der Waals surface area contributed by atoms with Gasteiger partial charge >= 0.3 is 5.97 Å². The van der Waals surface area contributed by atoms with Gasteiger partial charge in [-0.05, 0) is 6.42 Å². The van der Waals surface area contributed by atoms with Crippen molar-refractivity contribution >= 4 is 5.97 Å². The first-order valence-electron chi connectivity index (χ1n) is 4.03. The van der Waals surface area contributed by atoms with Gasteiger partial charge in [-0.25, -0.2) is 5.10 Å². The summed E-state index contributed by atoms with van der Waals surface area (Å²) in [6.07, 6.45) is 3.88. The van der Waals surface area contributed by atoms with Gasteiger partial charge in [0.05, 0.1) is 6.20 Å². The van der Waals surface area contributed by atoms with Gasteiger partial charge in [-0.2, -0.15) is 5.10 Å². The van der Waals surface area contributed by atoms with Crippen molar-refractivity contribution in [2.45, 2.75) is 26.2 Å². The van der Waals surface area contributed by atoms with Crippen LogP contribution in [0, 0.1) is 0 Å². The molecule has 0 saturated heterocycles. The van der Waals surface area contributed by atoms with Crippen LogP contribution in [-0.4, -0.2) is 16.2 Å². The molecule has 0 spiro atoms. The summed E-state index contributed by atoms with van der Waals surface area (Å²) >= 11 is 0. The largest absolute Gasteiger partial charge is 0.408 e. The Morgan fingerprint density at radius 2 is 2.58 bits per heavy atom. The van der Waals surface area contributed by atoms with Crippen LogP contribution in [0.15, 0.2) is 12.3 Å². The second-order valence-corrected chi connectivity index (χ2v) is 2.50. The van der Waals surface area contributed by atoms with Gasteiger partial charge in [-0.15, -0.1) is 0 Å². The molecule has 0 aliphatic heterocycles. The van der Waals surface area contributed by atoms with Gasteiger partial charge in [-0.3, -0.25) is 4.79 Å². The van der Waals surface area contributed by atoms with Crippen molar-refractivity contribution in [3.8, 4) is 5.88 Å². The van der Waals surface area contributed by atoms with Crippen molar-refractivity contribution in [2.75, 3.05) is 0 Å². The Kier molecular flexibility index (Phi) is 3.32. The van der Waals surface area contributed by atoms with E-state index in [1.807, 2.05) is 6.92 Å². The lowest BCUT2D eigenvalue weighted by Crippen LogP contribution is -2.07. The molecule has 0 amide bonds. The molecule has 0 atom stereocenters. The lowest BCUT2D eigenvalue weighted by Gasteiger charge is -1.98. The number of hydrogen-bond acceptors (Lipinski definition) is 3. The van der Waals surface area contributed by atoms with Crippen LogP contribution in [0.4, 0.5) is 0 Å². The first-order valence-corrected chi connectivity index (χ1v) is 4.03. The minimum Gasteiger partial charge on any atom is -0.408 e. The van der Waals surface area contributed by atoms with Crippen molar-refractivity contribution in [1.82, 2.24) is 10.2 Å². The highest BCUT2D eigenvalue weighted by Crippen LogP contribution is 2.04. The second-order valence-electron chi connectivity index (χ2n) is 2.50. The topological polar surface area (TPSA) is 55.0 Å². The maximum absolute atomic E-state index is 11.0. The number of rotatable bonds is 4. The number of aromatic nitrogens is 2. The molecule has 0 radical (unpaired) electrons. The summed E-state index contributed by atoms with van der Waals surface area (Å²) in [6.45, 7) is 2.03. The molecule has 0 saturated carbocycles. The van der Waals surface area contributed by atoms with Crippen LogP contribution in [-0.2, 0) is 4.79 Å². The van der Waals surface area contributed by atoms with E-state index in [4.69, 9.17) is 4.74 Å². The first kappa shape index (κ1) is 8.77. The van der Waals surface area contributed by atoms with Crippen LogP contribution in [0.25, 0.3) is 0 Å². The van der Waals surface area contributed by atoms with Crippen LogP contribution in [0.2, 0.25) is 0 Å². The third-order valence-electron chi connectivity index (χ3n) is 1.43. The van der Waals surface area contributed by atoms with Crippen molar-refractivity contribution in [2.24, 2.45) is 0 Å². The van der Waals surface area contributed by atoms with Gasteiger partial charge in [0.2, 0.25) is 5.88 Å². The number of nitrogens with zero attached hydrogens (tertiary/aromatic N) is 1. The number of esters is 1. The van der Waals surface area contributed by atoms with Gasteiger partial charge in [0.15, 0.2) is 0 Å². The zero-order chi connectivity index (χ0) is 8.81. The molecule has 66 valence electrons. The maximum Gasteiger partial charge on any atom is 0.312 e. The molecule has 1 aromatic rings. The van der Waals surface area contributed by atoms with E-state index in [0.717, 1.165) is 12.8 Å². The van der Waals surface area contributed by atoms with Crippen LogP contribution in [0.1, 0.15) is 26.2 Å². The predicted octanol–water partition coefficient (Wildman–Crippen LogP) is 1.51. The Bertz CT molecular complexity index is 231. The Hall–Kier alpha value is -1.32. The molecule has 0 bridgehead atoms. The third-order valence-corrected chi connectivity index (χ3v) is 1.43. The monoisotopic (exact) mass is 168 g/mol. The molecule has 4 heteroatoms. The number of unbranched alkanes of at least 4 members (excludes halogenated alkanes) is 1. The number of carbonyl (C=O) groups excluding carboxylic acids is 1. The average Bonchev–Trinajstić information content (AvgIpc) is 2.53. The summed E-state index contributed by atoms with van der Waals surface area (Å²) in [5, 5.41) is 6.20. The molecular formula is C8H12N2O2. The van der Waals surface area contributed by atoms with E-state index in [-0.39, 0.29) is 5.97 Å². The number of H-pyrrole nitrogens is 1. The highest BCUT2D eigenvalue weighted by Gasteiger charge is 2.03. The van der Waals surface area contributed by atoms with Gasteiger partial charge in [-0.1, -0.05) is 13.3 Å². The summed E-state index contributed by atoms with van der Waals surface area (Å²) in [4.78, 5) is 11.0. The van der Waals surface area contributed by atoms with E-state index in [9.17, 15) is 4.79 Å².